The summed E-state index contributed by atoms with van der Waals surface area (Å²) in [5.41, 5.74) is 0. The van der Waals surface area contributed by atoms with E-state index in [1.54, 1.807) is 23.1 Å². The van der Waals surface area contributed by atoms with Crippen LogP contribution in [-0.4, -0.2) is 40.9 Å². The number of aliphatic hydroxyl groups excluding tert-OH is 1. The number of nitrogens with zero attached hydrogens (tertiary/aromatic N) is 1. The molecule has 1 aliphatic heterocycles. The van der Waals surface area contributed by atoms with Gasteiger partial charge in [-0.2, -0.15) is 0 Å². The molecule has 1 fully saturated rings. The number of aliphatic hydroxyl groups is 1. The predicted octanol–water partition coefficient (Wildman–Crippen LogP) is 3.07. The van der Waals surface area contributed by atoms with Crippen LogP contribution in [0.25, 0.3) is 0 Å². The lowest BCUT2D eigenvalue weighted by atomic mass is 10.1. The highest BCUT2D eigenvalue weighted by atomic mass is 35.5. The van der Waals surface area contributed by atoms with E-state index in [-0.39, 0.29) is 5.91 Å². The lowest BCUT2D eigenvalue weighted by Crippen LogP contribution is -2.42. The summed E-state index contributed by atoms with van der Waals surface area (Å²) in [5, 5.41) is 10.8. The first-order valence-electron chi connectivity index (χ1n) is 6.10. The van der Waals surface area contributed by atoms with Crippen molar-refractivity contribution in [3.8, 4) is 0 Å². The normalized spacial score (nSPS) is 19.5. The molecule has 0 spiro atoms. The Morgan fingerprint density at radius 2 is 2.26 bits per heavy atom. The van der Waals surface area contributed by atoms with E-state index >= 15 is 0 Å². The third-order valence-electron chi connectivity index (χ3n) is 2.99. The van der Waals surface area contributed by atoms with Crippen molar-refractivity contribution < 1.29 is 9.90 Å². The summed E-state index contributed by atoms with van der Waals surface area (Å²) < 4.78 is 0. The van der Waals surface area contributed by atoms with Gasteiger partial charge in [-0.15, -0.1) is 11.8 Å². The third kappa shape index (κ3) is 4.28. The monoisotopic (exact) mass is 319 g/mol. The standard InChI is InChI=1S/C13H15Cl2NO2S/c14-9-3-4-11(15)12(6-9)19-8-13(18)16-5-1-2-10(17)7-16/h3-4,6,10,17H,1-2,5,7-8H2/t10-/m0/s1. The molecular formula is C13H15Cl2NO2S. The molecule has 1 aromatic rings. The van der Waals surface area contributed by atoms with E-state index in [1.807, 2.05) is 0 Å². The van der Waals surface area contributed by atoms with Crippen molar-refractivity contribution in [3.05, 3.63) is 28.2 Å². The highest BCUT2D eigenvalue weighted by Crippen LogP contribution is 2.30. The van der Waals surface area contributed by atoms with Gasteiger partial charge in [0, 0.05) is 23.0 Å². The first-order valence-corrected chi connectivity index (χ1v) is 7.84. The summed E-state index contributed by atoms with van der Waals surface area (Å²) in [5.74, 6) is 0.340. The predicted molar refractivity (Wildman–Crippen MR) is 79.0 cm³/mol. The second kappa shape index (κ2) is 6.84. The molecule has 0 saturated carbocycles. The van der Waals surface area contributed by atoms with Gasteiger partial charge in [0.1, 0.15) is 0 Å². The van der Waals surface area contributed by atoms with E-state index < -0.39 is 6.10 Å². The van der Waals surface area contributed by atoms with Gasteiger partial charge in [-0.25, -0.2) is 0 Å². The van der Waals surface area contributed by atoms with Crippen LogP contribution in [0, 0.1) is 0 Å². The largest absolute Gasteiger partial charge is 0.391 e. The second-order valence-corrected chi connectivity index (χ2v) is 6.36. The number of piperidine rings is 1. The lowest BCUT2D eigenvalue weighted by Gasteiger charge is -2.30. The van der Waals surface area contributed by atoms with Crippen molar-refractivity contribution in [2.45, 2.75) is 23.8 Å². The van der Waals surface area contributed by atoms with Gasteiger partial charge in [-0.05, 0) is 31.0 Å². The minimum Gasteiger partial charge on any atom is -0.391 e. The fourth-order valence-electron chi connectivity index (χ4n) is 2.00. The quantitative estimate of drug-likeness (QED) is 0.870. The molecule has 104 valence electrons. The Morgan fingerprint density at radius 1 is 1.47 bits per heavy atom. The number of benzene rings is 1. The molecule has 3 nitrogen and oxygen atoms in total. The van der Waals surface area contributed by atoms with Crippen LogP contribution in [0.15, 0.2) is 23.1 Å². The van der Waals surface area contributed by atoms with Crippen LogP contribution in [0.5, 0.6) is 0 Å². The molecule has 19 heavy (non-hydrogen) atoms. The summed E-state index contributed by atoms with van der Waals surface area (Å²) in [6, 6.07) is 5.20. The fraction of sp³-hybridized carbons (Fsp3) is 0.462. The number of hydrogen-bond donors (Lipinski definition) is 1. The topological polar surface area (TPSA) is 40.5 Å². The van der Waals surface area contributed by atoms with E-state index in [1.165, 1.54) is 11.8 Å². The van der Waals surface area contributed by atoms with Crippen LogP contribution in [0.3, 0.4) is 0 Å². The first-order chi connectivity index (χ1) is 9.06. The smallest absolute Gasteiger partial charge is 0.233 e. The molecule has 0 aromatic heterocycles. The van der Waals surface area contributed by atoms with Crippen molar-refractivity contribution in [2.24, 2.45) is 0 Å². The second-order valence-electron chi connectivity index (χ2n) is 4.50. The minimum atomic E-state index is -0.391. The van der Waals surface area contributed by atoms with E-state index in [9.17, 15) is 9.90 Å². The molecule has 6 heteroatoms. The minimum absolute atomic E-state index is 0.0276. The maximum absolute atomic E-state index is 12.0. The van der Waals surface area contributed by atoms with Gasteiger partial charge in [0.05, 0.1) is 16.9 Å². The summed E-state index contributed by atoms with van der Waals surface area (Å²) in [4.78, 5) is 14.5. The lowest BCUT2D eigenvalue weighted by molar-refractivity contribution is -0.131. The maximum Gasteiger partial charge on any atom is 0.233 e. The number of carbonyl (C=O) groups excluding carboxylic acids is 1. The Kier molecular flexibility index (Phi) is 5.39. The van der Waals surface area contributed by atoms with E-state index in [0.29, 0.717) is 22.3 Å². The van der Waals surface area contributed by atoms with Gasteiger partial charge in [0.2, 0.25) is 5.91 Å². The average Bonchev–Trinajstić information content (AvgIpc) is 2.39. The zero-order valence-electron chi connectivity index (χ0n) is 10.3. The number of rotatable bonds is 3. The van der Waals surface area contributed by atoms with Crippen molar-refractivity contribution in [3.63, 3.8) is 0 Å². The Balaban J connectivity index is 1.91. The molecular weight excluding hydrogens is 305 g/mol. The molecule has 1 aromatic carbocycles. The summed E-state index contributed by atoms with van der Waals surface area (Å²) in [7, 11) is 0. The Bertz CT molecular complexity index is 470. The van der Waals surface area contributed by atoms with Crippen molar-refractivity contribution >= 4 is 40.9 Å². The maximum atomic E-state index is 12.0. The van der Waals surface area contributed by atoms with Gasteiger partial charge in [0.15, 0.2) is 0 Å². The summed E-state index contributed by atoms with van der Waals surface area (Å²) >= 11 is 13.3. The molecule has 0 aliphatic carbocycles. The zero-order chi connectivity index (χ0) is 13.8. The van der Waals surface area contributed by atoms with E-state index in [0.717, 1.165) is 24.3 Å². The van der Waals surface area contributed by atoms with Gasteiger partial charge >= 0.3 is 0 Å². The summed E-state index contributed by atoms with van der Waals surface area (Å²) in [6.45, 7) is 1.16. The molecule has 1 N–H and O–H groups in total. The van der Waals surface area contributed by atoms with Gasteiger partial charge in [-0.1, -0.05) is 23.2 Å². The molecule has 0 bridgehead atoms. The van der Waals surface area contributed by atoms with Gasteiger partial charge < -0.3 is 10.0 Å². The highest BCUT2D eigenvalue weighted by molar-refractivity contribution is 8.00. The number of halogens is 2. The number of β-amino-alcohol motifs (C(OH)–C–C–N with tert-alkyl or cyclic N) is 1. The van der Waals surface area contributed by atoms with E-state index in [4.69, 9.17) is 23.2 Å². The number of hydrogen-bond acceptors (Lipinski definition) is 3. The van der Waals surface area contributed by atoms with Crippen LogP contribution in [0.2, 0.25) is 10.0 Å². The highest BCUT2D eigenvalue weighted by Gasteiger charge is 2.22. The zero-order valence-corrected chi connectivity index (χ0v) is 12.6. The van der Waals surface area contributed by atoms with Crippen molar-refractivity contribution in [2.75, 3.05) is 18.8 Å². The first kappa shape index (κ1) is 15.0. The van der Waals surface area contributed by atoms with Crippen LogP contribution < -0.4 is 0 Å². The Morgan fingerprint density at radius 3 is 3.00 bits per heavy atom. The number of thioether (sulfide) groups is 1. The molecule has 0 unspecified atom stereocenters. The average molecular weight is 320 g/mol. The Labute approximate surface area is 126 Å². The molecule has 1 aliphatic rings. The third-order valence-corrected chi connectivity index (χ3v) is 4.71. The molecule has 1 atom stereocenters. The number of likely N-dealkylation sites (tertiary alicyclic amines) is 1. The number of amides is 1. The van der Waals surface area contributed by atoms with Crippen LogP contribution in [-0.2, 0) is 4.79 Å². The van der Waals surface area contributed by atoms with Crippen molar-refractivity contribution in [1.82, 2.24) is 4.90 Å². The Hall–Kier alpha value is -0.420. The molecule has 1 heterocycles. The van der Waals surface area contributed by atoms with Crippen LogP contribution in [0.4, 0.5) is 0 Å². The molecule has 0 radical (unpaired) electrons. The SMILES string of the molecule is O=C(CSc1cc(Cl)ccc1Cl)N1CCC[C@H](O)C1. The summed E-state index contributed by atoms with van der Waals surface area (Å²) in [6.07, 6.45) is 1.24. The fourth-order valence-corrected chi connectivity index (χ4v) is 3.40. The number of carbonyl (C=O) groups is 1. The van der Waals surface area contributed by atoms with Crippen LogP contribution in [0.1, 0.15) is 12.8 Å². The van der Waals surface area contributed by atoms with Gasteiger partial charge in [0.25, 0.3) is 0 Å². The molecule has 2 rings (SSSR count). The van der Waals surface area contributed by atoms with Crippen LogP contribution >= 0.6 is 35.0 Å². The molecule has 1 amide bonds. The van der Waals surface area contributed by atoms with E-state index in [2.05, 4.69) is 0 Å². The molecule has 1 saturated heterocycles. The van der Waals surface area contributed by atoms with Gasteiger partial charge in [-0.3, -0.25) is 4.79 Å². The van der Waals surface area contributed by atoms with Crippen molar-refractivity contribution in [1.29, 1.82) is 0 Å².